The van der Waals surface area contributed by atoms with Crippen molar-refractivity contribution in [3.63, 3.8) is 0 Å². The molecule has 0 saturated carbocycles. The van der Waals surface area contributed by atoms with Gasteiger partial charge < -0.3 is 19.1 Å². The van der Waals surface area contributed by atoms with Gasteiger partial charge in [-0.05, 0) is 48.9 Å². The third kappa shape index (κ3) is 4.19. The first-order valence-electron chi connectivity index (χ1n) is 10.6. The zero-order chi connectivity index (χ0) is 22.0. The molecule has 1 saturated heterocycles. The van der Waals surface area contributed by atoms with Crippen LogP contribution in [0.25, 0.3) is 11.7 Å². The number of furan rings is 1. The molecule has 0 bridgehead atoms. The molecule has 0 radical (unpaired) electrons. The predicted molar refractivity (Wildman–Crippen MR) is 118 cm³/mol. The summed E-state index contributed by atoms with van der Waals surface area (Å²) < 4.78 is 11.2. The second-order valence-corrected chi connectivity index (χ2v) is 8.21. The SMILES string of the molecule is Cc1cccc(C(C)C)c1NC(=O)C1CCN(c2oc(-c3ccco3)nc2C#N)CC1. The molecular formula is C24H26N4O3. The van der Waals surface area contributed by atoms with E-state index in [9.17, 15) is 10.1 Å². The minimum atomic E-state index is -0.0890. The third-order valence-electron chi connectivity index (χ3n) is 5.78. The van der Waals surface area contributed by atoms with E-state index in [1.54, 1.807) is 12.1 Å². The molecule has 0 atom stereocenters. The molecule has 2 aromatic heterocycles. The molecule has 1 aliphatic rings. The monoisotopic (exact) mass is 418 g/mol. The Bertz CT molecular complexity index is 1100. The maximum Gasteiger partial charge on any atom is 0.266 e. The Balaban J connectivity index is 1.44. The van der Waals surface area contributed by atoms with E-state index in [4.69, 9.17) is 8.83 Å². The number of nitrogens with zero attached hydrogens (tertiary/aromatic N) is 3. The first kappa shape index (κ1) is 20.7. The molecule has 4 rings (SSSR count). The average Bonchev–Trinajstić information content (AvgIpc) is 3.44. The van der Waals surface area contributed by atoms with Crippen molar-refractivity contribution in [1.82, 2.24) is 4.98 Å². The molecule has 0 spiro atoms. The zero-order valence-electron chi connectivity index (χ0n) is 18.0. The van der Waals surface area contributed by atoms with Crippen LogP contribution >= 0.6 is 0 Å². The number of benzene rings is 1. The lowest BCUT2D eigenvalue weighted by atomic mass is 9.94. The molecule has 1 aliphatic heterocycles. The van der Waals surface area contributed by atoms with Crippen molar-refractivity contribution in [2.75, 3.05) is 23.3 Å². The number of rotatable bonds is 5. The number of carbonyl (C=O) groups excluding carboxylic acids is 1. The van der Waals surface area contributed by atoms with Crippen molar-refractivity contribution < 1.29 is 13.6 Å². The number of hydrogen-bond donors (Lipinski definition) is 1. The van der Waals surface area contributed by atoms with Gasteiger partial charge in [0, 0.05) is 24.7 Å². The van der Waals surface area contributed by atoms with E-state index in [-0.39, 0.29) is 23.4 Å². The highest BCUT2D eigenvalue weighted by atomic mass is 16.4. The van der Waals surface area contributed by atoms with Crippen LogP contribution in [0.3, 0.4) is 0 Å². The van der Waals surface area contributed by atoms with Crippen LogP contribution < -0.4 is 10.2 Å². The molecular weight excluding hydrogens is 392 g/mol. The van der Waals surface area contributed by atoms with Gasteiger partial charge in [0.15, 0.2) is 5.76 Å². The zero-order valence-corrected chi connectivity index (χ0v) is 18.0. The molecule has 1 fully saturated rings. The Morgan fingerprint density at radius 1 is 1.26 bits per heavy atom. The van der Waals surface area contributed by atoms with Gasteiger partial charge in [-0.25, -0.2) is 0 Å². The summed E-state index contributed by atoms with van der Waals surface area (Å²) >= 11 is 0. The molecule has 0 aliphatic carbocycles. The van der Waals surface area contributed by atoms with E-state index in [1.807, 2.05) is 24.0 Å². The number of nitrogens with one attached hydrogen (secondary N) is 1. The van der Waals surface area contributed by atoms with E-state index in [0.717, 1.165) is 16.8 Å². The van der Waals surface area contributed by atoms with Gasteiger partial charge in [0.05, 0.1) is 6.26 Å². The van der Waals surface area contributed by atoms with Crippen LogP contribution in [-0.4, -0.2) is 24.0 Å². The summed E-state index contributed by atoms with van der Waals surface area (Å²) in [5.74, 6) is 1.50. The predicted octanol–water partition coefficient (Wildman–Crippen LogP) is 5.09. The fourth-order valence-electron chi connectivity index (χ4n) is 4.02. The Hall–Kier alpha value is -3.53. The number of anilines is 2. The maximum atomic E-state index is 13.0. The van der Waals surface area contributed by atoms with Gasteiger partial charge in [-0.1, -0.05) is 32.0 Å². The molecule has 160 valence electrons. The van der Waals surface area contributed by atoms with Crippen LogP contribution in [0.15, 0.2) is 45.4 Å². The number of nitriles is 1. The lowest BCUT2D eigenvalue weighted by molar-refractivity contribution is -0.120. The maximum absolute atomic E-state index is 13.0. The Kier molecular flexibility index (Phi) is 5.81. The van der Waals surface area contributed by atoms with Gasteiger partial charge in [-0.15, -0.1) is 0 Å². The summed E-state index contributed by atoms with van der Waals surface area (Å²) in [7, 11) is 0. The van der Waals surface area contributed by atoms with Gasteiger partial charge in [-0.3, -0.25) is 4.79 Å². The van der Waals surface area contributed by atoms with Gasteiger partial charge >= 0.3 is 0 Å². The fraction of sp³-hybridized carbons (Fsp3) is 0.375. The van der Waals surface area contributed by atoms with E-state index < -0.39 is 0 Å². The van der Waals surface area contributed by atoms with E-state index >= 15 is 0 Å². The van der Waals surface area contributed by atoms with Crippen molar-refractivity contribution in [3.8, 4) is 17.7 Å². The highest BCUT2D eigenvalue weighted by Crippen LogP contribution is 2.32. The number of oxazole rings is 1. The number of hydrogen-bond acceptors (Lipinski definition) is 6. The summed E-state index contributed by atoms with van der Waals surface area (Å²) in [5.41, 5.74) is 3.38. The first-order chi connectivity index (χ1) is 15.0. The van der Waals surface area contributed by atoms with Crippen molar-refractivity contribution >= 4 is 17.5 Å². The third-order valence-corrected chi connectivity index (χ3v) is 5.78. The number of piperidine rings is 1. The standard InChI is InChI=1S/C24H26N4O3/c1-15(2)18-7-4-6-16(3)21(18)27-22(29)17-9-11-28(12-10-17)24-19(14-25)26-23(31-24)20-8-5-13-30-20/h4-8,13,15,17H,9-12H2,1-3H3,(H,27,29). The minimum Gasteiger partial charge on any atom is -0.459 e. The average molecular weight is 418 g/mol. The van der Waals surface area contributed by atoms with E-state index in [0.29, 0.717) is 43.5 Å². The Morgan fingerprint density at radius 3 is 2.68 bits per heavy atom. The molecule has 3 aromatic rings. The topological polar surface area (TPSA) is 95.3 Å². The van der Waals surface area contributed by atoms with Gasteiger partial charge in [0.1, 0.15) is 6.07 Å². The van der Waals surface area contributed by atoms with Crippen LogP contribution in [0.1, 0.15) is 49.4 Å². The molecule has 7 nitrogen and oxygen atoms in total. The van der Waals surface area contributed by atoms with Crippen molar-refractivity contribution in [2.45, 2.75) is 39.5 Å². The van der Waals surface area contributed by atoms with Gasteiger partial charge in [0.25, 0.3) is 5.89 Å². The molecule has 1 N–H and O–H groups in total. The summed E-state index contributed by atoms with van der Waals surface area (Å²) in [4.78, 5) is 19.2. The highest BCUT2D eigenvalue weighted by Gasteiger charge is 2.30. The lowest BCUT2D eigenvalue weighted by Crippen LogP contribution is -2.38. The Labute approximate surface area is 181 Å². The molecule has 7 heteroatoms. The number of aromatic nitrogens is 1. The number of aryl methyl sites for hydroxylation is 1. The molecule has 31 heavy (non-hydrogen) atoms. The quantitative estimate of drug-likeness (QED) is 0.620. The van der Waals surface area contributed by atoms with Crippen LogP contribution in [0.5, 0.6) is 0 Å². The molecule has 1 aromatic carbocycles. The van der Waals surface area contributed by atoms with Crippen LogP contribution in [0.2, 0.25) is 0 Å². The summed E-state index contributed by atoms with van der Waals surface area (Å²) in [6.07, 6.45) is 2.89. The second-order valence-electron chi connectivity index (χ2n) is 8.21. The highest BCUT2D eigenvalue weighted by molar-refractivity contribution is 5.94. The lowest BCUT2D eigenvalue weighted by Gasteiger charge is -2.31. The molecule has 1 amide bonds. The Morgan fingerprint density at radius 2 is 2.03 bits per heavy atom. The normalized spacial score (nSPS) is 14.6. The first-order valence-corrected chi connectivity index (χ1v) is 10.6. The van der Waals surface area contributed by atoms with E-state index in [1.165, 1.54) is 6.26 Å². The van der Waals surface area contributed by atoms with Crippen molar-refractivity contribution in [3.05, 3.63) is 53.4 Å². The van der Waals surface area contributed by atoms with Gasteiger partial charge in [0.2, 0.25) is 17.5 Å². The second kappa shape index (κ2) is 8.68. The van der Waals surface area contributed by atoms with Crippen molar-refractivity contribution in [1.29, 1.82) is 5.26 Å². The largest absolute Gasteiger partial charge is 0.459 e. The van der Waals surface area contributed by atoms with Crippen LogP contribution in [0, 0.1) is 24.2 Å². The summed E-state index contributed by atoms with van der Waals surface area (Å²) in [5, 5.41) is 12.6. The number of amides is 1. The molecule has 3 heterocycles. The fourth-order valence-corrected chi connectivity index (χ4v) is 4.02. The van der Waals surface area contributed by atoms with Crippen LogP contribution in [-0.2, 0) is 4.79 Å². The number of carbonyl (C=O) groups is 1. The smallest absolute Gasteiger partial charge is 0.266 e. The minimum absolute atomic E-state index is 0.0465. The summed E-state index contributed by atoms with van der Waals surface area (Å²) in [6, 6.07) is 11.7. The molecule has 0 unspecified atom stereocenters. The van der Waals surface area contributed by atoms with Crippen molar-refractivity contribution in [2.24, 2.45) is 5.92 Å². The van der Waals surface area contributed by atoms with Crippen LogP contribution in [0.4, 0.5) is 11.6 Å². The van der Waals surface area contributed by atoms with E-state index in [2.05, 4.69) is 36.3 Å². The number of para-hydroxylation sites is 1. The van der Waals surface area contributed by atoms with Gasteiger partial charge in [-0.2, -0.15) is 10.2 Å². The summed E-state index contributed by atoms with van der Waals surface area (Å²) in [6.45, 7) is 7.51.